The van der Waals surface area contributed by atoms with Crippen molar-refractivity contribution in [1.29, 1.82) is 0 Å². The molecule has 0 N–H and O–H groups in total. The highest BCUT2D eigenvalue weighted by Crippen LogP contribution is 2.37. The van der Waals surface area contributed by atoms with Crippen molar-refractivity contribution in [3.63, 3.8) is 0 Å². The van der Waals surface area contributed by atoms with Crippen LogP contribution in [0.15, 0.2) is 97.1 Å². The molecule has 0 amide bonds. The average molecular weight is 344 g/mol. The second-order valence-corrected chi connectivity index (χ2v) is 7.04. The number of rotatable bonds is 3. The van der Waals surface area contributed by atoms with Crippen molar-refractivity contribution >= 4 is 12.2 Å². The molecule has 27 heavy (non-hydrogen) atoms. The number of fused-ring (bicyclic) bond motifs is 3. The predicted octanol–water partition coefficient (Wildman–Crippen LogP) is 7.10. The van der Waals surface area contributed by atoms with Crippen molar-refractivity contribution in [2.75, 3.05) is 0 Å². The van der Waals surface area contributed by atoms with Gasteiger partial charge in [0.25, 0.3) is 0 Å². The van der Waals surface area contributed by atoms with Crippen LogP contribution in [-0.2, 0) is 6.42 Å². The van der Waals surface area contributed by atoms with Crippen molar-refractivity contribution in [2.45, 2.75) is 6.42 Å². The van der Waals surface area contributed by atoms with E-state index in [1.165, 1.54) is 44.5 Å². The van der Waals surface area contributed by atoms with Crippen LogP contribution in [0.1, 0.15) is 22.3 Å². The summed E-state index contributed by atoms with van der Waals surface area (Å²) >= 11 is 0. The smallest absolute Gasteiger partial charge is 0.00132 e. The minimum absolute atomic E-state index is 1.04. The van der Waals surface area contributed by atoms with Gasteiger partial charge in [-0.25, -0.2) is 0 Å². The number of hydrogen-bond donors (Lipinski definition) is 0. The lowest BCUT2D eigenvalue weighted by Crippen LogP contribution is -1.84. The monoisotopic (exact) mass is 344 g/mol. The van der Waals surface area contributed by atoms with Gasteiger partial charge in [0.05, 0.1) is 0 Å². The SMILES string of the molecule is C(=Cc1ccccc1-c1ccccc1)c1ccc2c(c1)Cc1ccccc1-2. The van der Waals surface area contributed by atoms with Gasteiger partial charge in [-0.1, -0.05) is 109 Å². The maximum atomic E-state index is 2.33. The maximum absolute atomic E-state index is 2.33. The van der Waals surface area contributed by atoms with E-state index in [4.69, 9.17) is 0 Å². The topological polar surface area (TPSA) is 0 Å². The lowest BCUT2D eigenvalue weighted by molar-refractivity contribution is 1.26. The molecule has 128 valence electrons. The normalized spacial score (nSPS) is 12.1. The van der Waals surface area contributed by atoms with Gasteiger partial charge in [-0.3, -0.25) is 0 Å². The van der Waals surface area contributed by atoms with Gasteiger partial charge < -0.3 is 0 Å². The summed E-state index contributed by atoms with van der Waals surface area (Å²) in [7, 11) is 0. The van der Waals surface area contributed by atoms with Gasteiger partial charge in [0.15, 0.2) is 0 Å². The first-order chi connectivity index (χ1) is 13.4. The van der Waals surface area contributed by atoms with E-state index >= 15 is 0 Å². The van der Waals surface area contributed by atoms with Gasteiger partial charge in [0.1, 0.15) is 0 Å². The lowest BCUT2D eigenvalue weighted by Gasteiger charge is -2.06. The Hall–Kier alpha value is -3.38. The van der Waals surface area contributed by atoms with Gasteiger partial charge >= 0.3 is 0 Å². The molecular formula is C27H20. The van der Waals surface area contributed by atoms with Crippen LogP contribution in [0.4, 0.5) is 0 Å². The Morgan fingerprint density at radius 3 is 2.11 bits per heavy atom. The van der Waals surface area contributed by atoms with E-state index in [1.54, 1.807) is 0 Å². The Kier molecular flexibility index (Phi) is 3.95. The highest BCUT2D eigenvalue weighted by atomic mass is 14.2. The fourth-order valence-corrected chi connectivity index (χ4v) is 3.98. The van der Waals surface area contributed by atoms with Crippen LogP contribution < -0.4 is 0 Å². The van der Waals surface area contributed by atoms with Crippen LogP contribution in [0.25, 0.3) is 34.4 Å². The van der Waals surface area contributed by atoms with E-state index in [2.05, 4.69) is 109 Å². The van der Waals surface area contributed by atoms with E-state index in [9.17, 15) is 0 Å². The molecule has 4 aromatic rings. The van der Waals surface area contributed by atoms with Crippen LogP contribution in [0.2, 0.25) is 0 Å². The van der Waals surface area contributed by atoms with Gasteiger partial charge in [-0.05, 0) is 50.9 Å². The van der Waals surface area contributed by atoms with E-state index in [0.717, 1.165) is 6.42 Å². The molecule has 0 aliphatic heterocycles. The van der Waals surface area contributed by atoms with Crippen molar-refractivity contribution in [3.05, 3.63) is 119 Å². The summed E-state index contributed by atoms with van der Waals surface area (Å²) in [6.07, 6.45) is 5.49. The molecule has 5 rings (SSSR count). The van der Waals surface area contributed by atoms with Crippen LogP contribution in [0.5, 0.6) is 0 Å². The zero-order valence-corrected chi connectivity index (χ0v) is 15.1. The molecule has 0 nitrogen and oxygen atoms in total. The molecule has 0 aromatic heterocycles. The Balaban J connectivity index is 1.48. The molecular weight excluding hydrogens is 324 g/mol. The average Bonchev–Trinajstić information content (AvgIpc) is 3.11. The van der Waals surface area contributed by atoms with Gasteiger partial charge in [0, 0.05) is 0 Å². The Morgan fingerprint density at radius 1 is 0.519 bits per heavy atom. The number of benzene rings is 4. The zero-order chi connectivity index (χ0) is 18.1. The Labute approximate surface area is 160 Å². The standard InChI is InChI=1S/C27H20/c1-2-8-21(9-3-1)25-12-6-4-10-22(25)16-14-20-15-17-27-24(18-20)19-23-11-5-7-13-26(23)27/h1-18H,19H2. The van der Waals surface area contributed by atoms with Gasteiger partial charge in [-0.2, -0.15) is 0 Å². The predicted molar refractivity (Wildman–Crippen MR) is 115 cm³/mol. The summed E-state index contributed by atoms with van der Waals surface area (Å²) in [5, 5.41) is 0. The minimum Gasteiger partial charge on any atom is -0.0622 e. The summed E-state index contributed by atoms with van der Waals surface area (Å²) in [5.74, 6) is 0. The fraction of sp³-hybridized carbons (Fsp3) is 0.0370. The van der Waals surface area contributed by atoms with Crippen molar-refractivity contribution in [3.8, 4) is 22.3 Å². The third-order valence-electron chi connectivity index (χ3n) is 5.32. The van der Waals surface area contributed by atoms with E-state index < -0.39 is 0 Å². The second-order valence-electron chi connectivity index (χ2n) is 7.04. The molecule has 0 saturated carbocycles. The molecule has 0 unspecified atom stereocenters. The van der Waals surface area contributed by atoms with Gasteiger partial charge in [-0.15, -0.1) is 0 Å². The minimum atomic E-state index is 1.04. The van der Waals surface area contributed by atoms with Crippen LogP contribution in [0, 0.1) is 0 Å². The molecule has 0 heterocycles. The van der Waals surface area contributed by atoms with Crippen LogP contribution >= 0.6 is 0 Å². The number of hydrogen-bond acceptors (Lipinski definition) is 0. The van der Waals surface area contributed by atoms with E-state index in [0.29, 0.717) is 0 Å². The molecule has 0 atom stereocenters. The first-order valence-corrected chi connectivity index (χ1v) is 9.42. The Bertz CT molecular complexity index is 1130. The van der Waals surface area contributed by atoms with E-state index in [1.807, 2.05) is 0 Å². The molecule has 1 aliphatic carbocycles. The zero-order valence-electron chi connectivity index (χ0n) is 15.1. The Morgan fingerprint density at radius 2 is 1.22 bits per heavy atom. The summed E-state index contributed by atoms with van der Waals surface area (Å²) in [4.78, 5) is 0. The molecule has 0 fully saturated rings. The molecule has 1 aliphatic rings. The largest absolute Gasteiger partial charge is 0.0622 e. The second kappa shape index (κ2) is 6.74. The van der Waals surface area contributed by atoms with Crippen molar-refractivity contribution < 1.29 is 0 Å². The van der Waals surface area contributed by atoms with Crippen molar-refractivity contribution in [2.24, 2.45) is 0 Å². The first-order valence-electron chi connectivity index (χ1n) is 9.42. The van der Waals surface area contributed by atoms with Crippen LogP contribution in [-0.4, -0.2) is 0 Å². The molecule has 0 bridgehead atoms. The third kappa shape index (κ3) is 3.00. The molecule has 4 aromatic carbocycles. The summed E-state index contributed by atoms with van der Waals surface area (Å²) < 4.78 is 0. The lowest BCUT2D eigenvalue weighted by atomic mass is 9.98. The molecule has 0 heteroatoms. The fourth-order valence-electron chi connectivity index (χ4n) is 3.98. The van der Waals surface area contributed by atoms with Gasteiger partial charge in [0.2, 0.25) is 0 Å². The highest BCUT2D eigenvalue weighted by Gasteiger charge is 2.17. The quantitative estimate of drug-likeness (QED) is 0.306. The first kappa shape index (κ1) is 15.8. The summed E-state index contributed by atoms with van der Waals surface area (Å²) in [5.41, 5.74) is 10.6. The molecule has 0 spiro atoms. The van der Waals surface area contributed by atoms with Crippen molar-refractivity contribution in [1.82, 2.24) is 0 Å². The molecule has 0 saturated heterocycles. The van der Waals surface area contributed by atoms with Crippen LogP contribution in [0.3, 0.4) is 0 Å². The third-order valence-corrected chi connectivity index (χ3v) is 5.32. The summed E-state index contributed by atoms with van der Waals surface area (Å²) in [6, 6.07) is 34.7. The highest BCUT2D eigenvalue weighted by molar-refractivity contribution is 5.83. The maximum Gasteiger partial charge on any atom is -0.00132 e. The van der Waals surface area contributed by atoms with E-state index in [-0.39, 0.29) is 0 Å². The summed E-state index contributed by atoms with van der Waals surface area (Å²) in [6.45, 7) is 0. The molecule has 0 radical (unpaired) electrons.